The summed E-state index contributed by atoms with van der Waals surface area (Å²) in [4.78, 5) is 13.0. The number of amides is 1. The molecule has 0 aliphatic heterocycles. The van der Waals surface area contributed by atoms with E-state index in [1.54, 1.807) is 7.11 Å². The fourth-order valence-corrected chi connectivity index (χ4v) is 2.73. The van der Waals surface area contributed by atoms with E-state index in [4.69, 9.17) is 4.74 Å². The zero-order chi connectivity index (χ0) is 13.7. The molecule has 1 atom stereocenters. The minimum atomic E-state index is -0.0431. The van der Waals surface area contributed by atoms with E-state index >= 15 is 0 Å². The second-order valence-corrected chi connectivity index (χ2v) is 5.28. The Labute approximate surface area is 117 Å². The summed E-state index contributed by atoms with van der Waals surface area (Å²) in [6, 6.07) is 11.9. The van der Waals surface area contributed by atoms with Crippen LogP contribution < -0.4 is 5.32 Å². The summed E-state index contributed by atoms with van der Waals surface area (Å²) in [5, 5.41) is 4.88. The maximum Gasteiger partial charge on any atom is 0.262 e. The molecule has 0 saturated heterocycles. The monoisotopic (exact) mass is 275 g/mol. The number of rotatable bonds is 5. The lowest BCUT2D eigenvalue weighted by atomic mass is 10.1. The van der Waals surface area contributed by atoms with E-state index in [9.17, 15) is 4.79 Å². The van der Waals surface area contributed by atoms with E-state index in [1.165, 1.54) is 11.3 Å². The van der Waals surface area contributed by atoms with Crippen molar-refractivity contribution >= 4 is 17.2 Å². The molecule has 1 aromatic heterocycles. The van der Waals surface area contributed by atoms with Crippen molar-refractivity contribution in [1.29, 1.82) is 0 Å². The van der Waals surface area contributed by atoms with Gasteiger partial charge in [0.25, 0.3) is 5.91 Å². The topological polar surface area (TPSA) is 38.3 Å². The quantitative estimate of drug-likeness (QED) is 0.910. The van der Waals surface area contributed by atoms with Crippen molar-refractivity contribution < 1.29 is 9.53 Å². The van der Waals surface area contributed by atoms with Gasteiger partial charge in [0.1, 0.15) is 0 Å². The third-order valence-electron chi connectivity index (χ3n) is 2.75. The Morgan fingerprint density at radius 2 is 2.05 bits per heavy atom. The van der Waals surface area contributed by atoms with Crippen LogP contribution in [0.3, 0.4) is 0 Å². The SMILES string of the molecule is COC[C@@H](C)NC(=O)c1sccc1-c1ccccc1. The normalized spacial score (nSPS) is 12.1. The van der Waals surface area contributed by atoms with E-state index in [1.807, 2.05) is 48.7 Å². The maximum absolute atomic E-state index is 12.2. The van der Waals surface area contributed by atoms with E-state index < -0.39 is 0 Å². The van der Waals surface area contributed by atoms with Crippen LogP contribution in [0, 0.1) is 0 Å². The van der Waals surface area contributed by atoms with Crippen molar-refractivity contribution in [3.05, 3.63) is 46.7 Å². The predicted octanol–water partition coefficient (Wildman–Crippen LogP) is 3.18. The molecule has 1 N–H and O–H groups in total. The molecule has 2 aromatic rings. The zero-order valence-electron chi connectivity index (χ0n) is 11.1. The maximum atomic E-state index is 12.2. The van der Waals surface area contributed by atoms with Crippen LogP contribution >= 0.6 is 11.3 Å². The Hall–Kier alpha value is -1.65. The molecule has 1 heterocycles. The summed E-state index contributed by atoms with van der Waals surface area (Å²) in [5.41, 5.74) is 2.04. The first-order chi connectivity index (χ1) is 9.22. The van der Waals surface area contributed by atoms with E-state index in [-0.39, 0.29) is 11.9 Å². The number of carbonyl (C=O) groups is 1. The minimum Gasteiger partial charge on any atom is -0.383 e. The van der Waals surface area contributed by atoms with Gasteiger partial charge in [-0.25, -0.2) is 0 Å². The van der Waals surface area contributed by atoms with Crippen LogP contribution in [-0.4, -0.2) is 25.7 Å². The summed E-state index contributed by atoms with van der Waals surface area (Å²) in [6.45, 7) is 2.44. The molecule has 0 spiro atoms. The van der Waals surface area contributed by atoms with Crippen molar-refractivity contribution in [3.8, 4) is 11.1 Å². The highest BCUT2D eigenvalue weighted by Crippen LogP contribution is 2.28. The largest absolute Gasteiger partial charge is 0.383 e. The van der Waals surface area contributed by atoms with Gasteiger partial charge in [-0.2, -0.15) is 0 Å². The second-order valence-electron chi connectivity index (χ2n) is 4.36. The van der Waals surface area contributed by atoms with Crippen molar-refractivity contribution in [2.75, 3.05) is 13.7 Å². The smallest absolute Gasteiger partial charge is 0.262 e. The molecular weight excluding hydrogens is 258 g/mol. The highest BCUT2D eigenvalue weighted by atomic mass is 32.1. The molecule has 0 radical (unpaired) electrons. The van der Waals surface area contributed by atoms with Gasteiger partial charge in [0.2, 0.25) is 0 Å². The number of methoxy groups -OCH3 is 1. The van der Waals surface area contributed by atoms with Crippen LogP contribution in [0.2, 0.25) is 0 Å². The first-order valence-corrected chi connectivity index (χ1v) is 7.03. The summed E-state index contributed by atoms with van der Waals surface area (Å²) in [5.74, 6) is -0.0431. The van der Waals surface area contributed by atoms with Gasteiger partial charge in [-0.05, 0) is 23.9 Å². The lowest BCUT2D eigenvalue weighted by Crippen LogP contribution is -2.35. The fourth-order valence-electron chi connectivity index (χ4n) is 1.91. The third kappa shape index (κ3) is 3.43. The Balaban J connectivity index is 2.18. The predicted molar refractivity (Wildman–Crippen MR) is 78.6 cm³/mol. The molecule has 3 nitrogen and oxygen atoms in total. The number of hydrogen-bond donors (Lipinski definition) is 1. The third-order valence-corrected chi connectivity index (χ3v) is 3.66. The van der Waals surface area contributed by atoms with E-state index in [0.29, 0.717) is 6.61 Å². The van der Waals surface area contributed by atoms with Gasteiger partial charge in [-0.15, -0.1) is 11.3 Å². The molecule has 0 aliphatic rings. The van der Waals surface area contributed by atoms with Crippen LogP contribution in [0.25, 0.3) is 11.1 Å². The second kappa shape index (κ2) is 6.50. The van der Waals surface area contributed by atoms with Gasteiger partial charge < -0.3 is 10.1 Å². The van der Waals surface area contributed by atoms with Gasteiger partial charge in [-0.3, -0.25) is 4.79 Å². The molecule has 4 heteroatoms. The number of hydrogen-bond acceptors (Lipinski definition) is 3. The number of benzene rings is 1. The van der Waals surface area contributed by atoms with Gasteiger partial charge in [0.15, 0.2) is 0 Å². The molecule has 0 bridgehead atoms. The molecule has 1 amide bonds. The average Bonchev–Trinajstić information content (AvgIpc) is 2.89. The Morgan fingerprint density at radius 1 is 1.32 bits per heavy atom. The van der Waals surface area contributed by atoms with Crippen LogP contribution in [-0.2, 0) is 4.74 Å². The fraction of sp³-hybridized carbons (Fsp3) is 0.267. The molecule has 0 aliphatic carbocycles. The first kappa shape index (κ1) is 13.8. The van der Waals surface area contributed by atoms with Crippen LogP contribution in [0.1, 0.15) is 16.6 Å². The Kier molecular flexibility index (Phi) is 4.71. The highest BCUT2D eigenvalue weighted by molar-refractivity contribution is 7.12. The molecular formula is C15H17NO2S. The van der Waals surface area contributed by atoms with Crippen LogP contribution in [0.5, 0.6) is 0 Å². The summed E-state index contributed by atoms with van der Waals surface area (Å²) in [6.07, 6.45) is 0. The molecule has 1 aromatic carbocycles. The standard InChI is InChI=1S/C15H17NO2S/c1-11(10-18-2)16-15(17)14-13(8-9-19-14)12-6-4-3-5-7-12/h3-9,11H,10H2,1-2H3,(H,16,17)/t11-/m1/s1. The number of nitrogens with one attached hydrogen (secondary N) is 1. The number of ether oxygens (including phenoxy) is 1. The first-order valence-electron chi connectivity index (χ1n) is 6.15. The van der Waals surface area contributed by atoms with Gasteiger partial charge in [-0.1, -0.05) is 30.3 Å². The van der Waals surface area contributed by atoms with Crippen LogP contribution in [0.4, 0.5) is 0 Å². The van der Waals surface area contributed by atoms with Crippen molar-refractivity contribution in [2.45, 2.75) is 13.0 Å². The molecule has 0 unspecified atom stereocenters. The van der Waals surface area contributed by atoms with Crippen molar-refractivity contribution in [2.24, 2.45) is 0 Å². The lowest BCUT2D eigenvalue weighted by Gasteiger charge is -2.12. The summed E-state index contributed by atoms with van der Waals surface area (Å²) in [7, 11) is 1.63. The van der Waals surface area contributed by atoms with E-state index in [2.05, 4.69) is 5.32 Å². The van der Waals surface area contributed by atoms with Crippen molar-refractivity contribution in [3.63, 3.8) is 0 Å². The molecule has 0 fully saturated rings. The number of thiophene rings is 1. The molecule has 19 heavy (non-hydrogen) atoms. The van der Waals surface area contributed by atoms with Gasteiger partial charge in [0, 0.05) is 18.7 Å². The Morgan fingerprint density at radius 3 is 2.74 bits per heavy atom. The lowest BCUT2D eigenvalue weighted by molar-refractivity contribution is 0.0910. The van der Waals surface area contributed by atoms with Crippen molar-refractivity contribution in [1.82, 2.24) is 5.32 Å². The summed E-state index contributed by atoms with van der Waals surface area (Å²) >= 11 is 1.46. The summed E-state index contributed by atoms with van der Waals surface area (Å²) < 4.78 is 5.03. The molecule has 0 saturated carbocycles. The Bertz CT molecular complexity index is 536. The van der Waals surface area contributed by atoms with Gasteiger partial charge in [0.05, 0.1) is 11.5 Å². The number of carbonyl (C=O) groups excluding carboxylic acids is 1. The molecule has 2 rings (SSSR count). The zero-order valence-corrected chi connectivity index (χ0v) is 11.9. The van der Waals surface area contributed by atoms with E-state index in [0.717, 1.165) is 16.0 Å². The average molecular weight is 275 g/mol. The van der Waals surface area contributed by atoms with Gasteiger partial charge >= 0.3 is 0 Å². The molecule has 100 valence electrons. The van der Waals surface area contributed by atoms with Crippen LogP contribution in [0.15, 0.2) is 41.8 Å². The highest BCUT2D eigenvalue weighted by Gasteiger charge is 2.16. The minimum absolute atomic E-state index is 0.00298.